The van der Waals surface area contributed by atoms with Gasteiger partial charge in [0.25, 0.3) is 0 Å². The molecular formula is C10H10ClN3O3S. The van der Waals surface area contributed by atoms with Crippen LogP contribution in [0.25, 0.3) is 11.4 Å². The minimum Gasteiger partial charge on any atom is -0.338 e. The van der Waals surface area contributed by atoms with Gasteiger partial charge in [-0.05, 0) is 12.1 Å². The summed E-state index contributed by atoms with van der Waals surface area (Å²) in [6, 6.07) is 4.55. The van der Waals surface area contributed by atoms with Crippen LogP contribution < -0.4 is 5.73 Å². The van der Waals surface area contributed by atoms with Crippen LogP contribution in [0, 0.1) is 0 Å². The first-order valence-corrected chi connectivity index (χ1v) is 7.22. The van der Waals surface area contributed by atoms with Gasteiger partial charge in [-0.3, -0.25) is 0 Å². The van der Waals surface area contributed by atoms with Gasteiger partial charge < -0.3 is 10.3 Å². The first-order valence-electron chi connectivity index (χ1n) is 4.95. The van der Waals surface area contributed by atoms with E-state index < -0.39 is 9.84 Å². The highest BCUT2D eigenvalue weighted by molar-refractivity contribution is 7.90. The van der Waals surface area contributed by atoms with Crippen LogP contribution in [0.1, 0.15) is 5.89 Å². The van der Waals surface area contributed by atoms with Crippen LogP contribution in [-0.4, -0.2) is 24.8 Å². The van der Waals surface area contributed by atoms with Crippen LogP contribution in [0.5, 0.6) is 0 Å². The first kappa shape index (κ1) is 13.0. The summed E-state index contributed by atoms with van der Waals surface area (Å²) in [5.41, 5.74) is 5.58. The fraction of sp³-hybridized carbons (Fsp3) is 0.200. The largest absolute Gasteiger partial charge is 0.338 e. The van der Waals surface area contributed by atoms with Crippen LogP contribution >= 0.6 is 11.6 Å². The normalized spacial score (nSPS) is 11.7. The molecule has 2 rings (SSSR count). The van der Waals surface area contributed by atoms with Crippen molar-refractivity contribution in [2.75, 3.05) is 6.26 Å². The second-order valence-electron chi connectivity index (χ2n) is 3.60. The van der Waals surface area contributed by atoms with Crippen molar-refractivity contribution >= 4 is 21.4 Å². The third kappa shape index (κ3) is 2.38. The van der Waals surface area contributed by atoms with Crippen molar-refractivity contribution in [3.8, 4) is 11.4 Å². The molecule has 0 aliphatic heterocycles. The predicted molar refractivity (Wildman–Crippen MR) is 65.7 cm³/mol. The third-order valence-electron chi connectivity index (χ3n) is 2.24. The molecule has 0 radical (unpaired) electrons. The van der Waals surface area contributed by atoms with Crippen molar-refractivity contribution in [2.24, 2.45) is 5.73 Å². The van der Waals surface area contributed by atoms with Gasteiger partial charge in [-0.25, -0.2) is 8.42 Å². The zero-order chi connectivity index (χ0) is 13.3. The zero-order valence-corrected chi connectivity index (χ0v) is 11.0. The van der Waals surface area contributed by atoms with Crippen LogP contribution in [0.15, 0.2) is 27.6 Å². The smallest absolute Gasteiger partial charge is 0.240 e. The fourth-order valence-electron chi connectivity index (χ4n) is 1.47. The summed E-state index contributed by atoms with van der Waals surface area (Å²) in [6.45, 7) is 0.0751. The Kier molecular flexibility index (Phi) is 3.38. The molecule has 18 heavy (non-hydrogen) atoms. The maximum atomic E-state index is 11.7. The van der Waals surface area contributed by atoms with Crippen molar-refractivity contribution in [2.45, 2.75) is 11.4 Å². The van der Waals surface area contributed by atoms with Gasteiger partial charge in [0.1, 0.15) is 0 Å². The SMILES string of the molecule is CS(=O)(=O)c1cccc(Cl)c1-c1noc(CN)n1. The van der Waals surface area contributed by atoms with Gasteiger partial charge in [-0.1, -0.05) is 22.8 Å². The van der Waals surface area contributed by atoms with E-state index in [2.05, 4.69) is 10.1 Å². The van der Waals surface area contributed by atoms with E-state index in [4.69, 9.17) is 21.9 Å². The molecule has 1 heterocycles. The van der Waals surface area contributed by atoms with Gasteiger partial charge in [0.2, 0.25) is 11.7 Å². The summed E-state index contributed by atoms with van der Waals surface area (Å²) >= 11 is 6.01. The van der Waals surface area contributed by atoms with Gasteiger partial charge in [0.15, 0.2) is 9.84 Å². The topological polar surface area (TPSA) is 99.1 Å². The Balaban J connectivity index is 2.70. The maximum absolute atomic E-state index is 11.7. The van der Waals surface area contributed by atoms with Crippen molar-refractivity contribution in [3.63, 3.8) is 0 Å². The highest BCUT2D eigenvalue weighted by Crippen LogP contribution is 2.32. The van der Waals surface area contributed by atoms with Crippen LogP contribution in [0.3, 0.4) is 0 Å². The molecule has 0 amide bonds. The molecule has 2 aromatic rings. The summed E-state index contributed by atoms with van der Waals surface area (Å²) in [6.07, 6.45) is 1.09. The molecule has 0 saturated carbocycles. The Morgan fingerprint density at radius 3 is 2.72 bits per heavy atom. The second kappa shape index (κ2) is 4.68. The number of hydrogen-bond acceptors (Lipinski definition) is 6. The van der Waals surface area contributed by atoms with Gasteiger partial charge in [0, 0.05) is 6.26 Å². The summed E-state index contributed by atoms with van der Waals surface area (Å²) in [5.74, 6) is 0.325. The first-order chi connectivity index (χ1) is 8.43. The maximum Gasteiger partial charge on any atom is 0.240 e. The van der Waals surface area contributed by atoms with Crippen molar-refractivity contribution in [1.29, 1.82) is 0 Å². The molecule has 0 aliphatic rings. The Hall–Kier alpha value is -1.44. The summed E-state index contributed by atoms with van der Waals surface area (Å²) in [7, 11) is -3.44. The molecule has 8 heteroatoms. The lowest BCUT2D eigenvalue weighted by atomic mass is 10.2. The molecule has 1 aromatic heterocycles. The number of sulfone groups is 1. The van der Waals surface area contributed by atoms with Crippen molar-refractivity contribution in [1.82, 2.24) is 10.1 Å². The molecule has 96 valence electrons. The average molecular weight is 288 g/mol. The second-order valence-corrected chi connectivity index (χ2v) is 5.99. The molecule has 6 nitrogen and oxygen atoms in total. The molecule has 0 atom stereocenters. The zero-order valence-electron chi connectivity index (χ0n) is 9.42. The molecular weight excluding hydrogens is 278 g/mol. The summed E-state index contributed by atoms with van der Waals surface area (Å²) in [4.78, 5) is 4.04. The lowest BCUT2D eigenvalue weighted by molar-refractivity contribution is 0.380. The van der Waals surface area contributed by atoms with Crippen LogP contribution in [-0.2, 0) is 16.4 Å². The Morgan fingerprint density at radius 2 is 2.17 bits per heavy atom. The van der Waals surface area contributed by atoms with Crippen LogP contribution in [0.2, 0.25) is 5.02 Å². The number of nitrogens with zero attached hydrogens (tertiary/aromatic N) is 2. The standard InChI is InChI=1S/C10H10ClN3O3S/c1-18(15,16)7-4-2-3-6(11)9(7)10-13-8(5-12)17-14-10/h2-4H,5,12H2,1H3. The highest BCUT2D eigenvalue weighted by Gasteiger charge is 2.21. The van der Waals surface area contributed by atoms with E-state index in [1.54, 1.807) is 12.1 Å². The Labute approximate surface area is 109 Å². The van der Waals surface area contributed by atoms with E-state index in [9.17, 15) is 8.42 Å². The molecule has 0 fully saturated rings. The van der Waals surface area contributed by atoms with Gasteiger partial charge in [-0.2, -0.15) is 4.98 Å². The van der Waals surface area contributed by atoms with Crippen molar-refractivity contribution < 1.29 is 12.9 Å². The quantitative estimate of drug-likeness (QED) is 0.912. The van der Waals surface area contributed by atoms with Gasteiger partial charge >= 0.3 is 0 Å². The third-order valence-corrected chi connectivity index (χ3v) is 3.70. The van der Waals surface area contributed by atoms with Gasteiger partial charge in [-0.15, -0.1) is 0 Å². The molecule has 0 bridgehead atoms. The van der Waals surface area contributed by atoms with E-state index in [-0.39, 0.29) is 33.7 Å². The minimum atomic E-state index is -3.44. The molecule has 0 aliphatic carbocycles. The van der Waals surface area contributed by atoms with Crippen molar-refractivity contribution in [3.05, 3.63) is 29.1 Å². The average Bonchev–Trinajstić information content (AvgIpc) is 2.75. The molecule has 2 N–H and O–H groups in total. The lowest BCUT2D eigenvalue weighted by Gasteiger charge is -2.05. The van der Waals surface area contributed by atoms with E-state index >= 15 is 0 Å². The summed E-state index contributed by atoms with van der Waals surface area (Å²) in [5, 5.41) is 3.92. The number of hydrogen-bond donors (Lipinski definition) is 1. The summed E-state index contributed by atoms with van der Waals surface area (Å²) < 4.78 is 28.2. The Morgan fingerprint density at radius 1 is 1.44 bits per heavy atom. The fourth-order valence-corrected chi connectivity index (χ4v) is 2.68. The molecule has 1 aromatic carbocycles. The predicted octanol–water partition coefficient (Wildman–Crippen LogP) is 1.25. The number of aromatic nitrogens is 2. The Bertz CT molecular complexity index is 681. The van der Waals surface area contributed by atoms with E-state index in [0.717, 1.165) is 6.26 Å². The number of rotatable bonds is 3. The van der Waals surface area contributed by atoms with Gasteiger partial charge in [0.05, 0.1) is 22.0 Å². The monoisotopic (exact) mass is 287 g/mol. The lowest BCUT2D eigenvalue weighted by Crippen LogP contribution is -2.01. The minimum absolute atomic E-state index is 0.0550. The highest BCUT2D eigenvalue weighted by atomic mass is 35.5. The molecule has 0 saturated heterocycles. The number of benzene rings is 1. The van der Waals surface area contributed by atoms with E-state index in [0.29, 0.717) is 0 Å². The van der Waals surface area contributed by atoms with Crippen LogP contribution in [0.4, 0.5) is 0 Å². The van der Waals surface area contributed by atoms with E-state index in [1.807, 2.05) is 0 Å². The molecule has 0 unspecified atom stereocenters. The number of halogens is 1. The molecule has 0 spiro atoms. The van der Waals surface area contributed by atoms with E-state index in [1.165, 1.54) is 6.07 Å². The number of nitrogens with two attached hydrogens (primary N) is 1.